The first-order chi connectivity index (χ1) is 8.70. The van der Waals surface area contributed by atoms with Crippen molar-refractivity contribution in [3.05, 3.63) is 0 Å². The van der Waals surface area contributed by atoms with Crippen LogP contribution in [0.15, 0.2) is 0 Å². The molecule has 2 rings (SSSR count). The average Bonchev–Trinajstić information content (AvgIpc) is 3.20. The molecule has 2 aliphatic carbocycles. The molecule has 0 aliphatic heterocycles. The van der Waals surface area contributed by atoms with E-state index in [1.54, 1.807) is 0 Å². The molecule has 0 spiro atoms. The van der Waals surface area contributed by atoms with Crippen LogP contribution in [0.4, 0.5) is 0 Å². The fourth-order valence-corrected chi connectivity index (χ4v) is 3.02. The number of carbonyl (C=O) groups is 1. The van der Waals surface area contributed by atoms with Crippen LogP contribution in [0.5, 0.6) is 0 Å². The Morgan fingerprint density at radius 3 is 2.67 bits per heavy atom. The molecule has 0 radical (unpaired) electrons. The maximum Gasteiger partial charge on any atom is 0.234 e. The first-order valence-corrected chi connectivity index (χ1v) is 7.37. The van der Waals surface area contributed by atoms with Gasteiger partial charge >= 0.3 is 0 Å². The molecule has 2 aliphatic rings. The van der Waals surface area contributed by atoms with Crippen LogP contribution in [0.2, 0.25) is 0 Å². The summed E-state index contributed by atoms with van der Waals surface area (Å²) in [5.41, 5.74) is 5.84. The lowest BCUT2D eigenvalue weighted by Gasteiger charge is -2.37. The van der Waals surface area contributed by atoms with Crippen molar-refractivity contribution >= 4 is 5.91 Å². The Kier molecular flexibility index (Phi) is 5.01. The molecule has 2 unspecified atom stereocenters. The Hall–Kier alpha value is -0.610. The van der Waals surface area contributed by atoms with E-state index in [0.29, 0.717) is 18.5 Å². The summed E-state index contributed by atoms with van der Waals surface area (Å²) < 4.78 is 0. The number of nitrogens with one attached hydrogen (secondary N) is 1. The maximum absolute atomic E-state index is 11.8. The first-order valence-electron chi connectivity index (χ1n) is 7.37. The lowest BCUT2D eigenvalue weighted by Crippen LogP contribution is -2.47. The van der Waals surface area contributed by atoms with E-state index >= 15 is 0 Å². The minimum atomic E-state index is 0.172. The van der Waals surface area contributed by atoms with Gasteiger partial charge < -0.3 is 11.1 Å². The van der Waals surface area contributed by atoms with Crippen molar-refractivity contribution in [2.75, 3.05) is 26.7 Å². The second-order valence-corrected chi connectivity index (χ2v) is 6.01. The molecule has 4 heteroatoms. The van der Waals surface area contributed by atoms with E-state index in [1.807, 2.05) is 0 Å². The number of nitrogens with zero attached hydrogens (tertiary/aromatic N) is 1. The van der Waals surface area contributed by atoms with Gasteiger partial charge in [-0.2, -0.15) is 0 Å². The van der Waals surface area contributed by atoms with Crippen LogP contribution in [0.3, 0.4) is 0 Å². The van der Waals surface area contributed by atoms with Crippen molar-refractivity contribution in [1.29, 1.82) is 0 Å². The van der Waals surface area contributed by atoms with E-state index < -0.39 is 0 Å². The Morgan fingerprint density at radius 1 is 1.28 bits per heavy atom. The molecule has 4 nitrogen and oxygen atoms in total. The SMILES string of the molecule is CN(CC(=O)NCC1CC1)C1CCCCC1CN. The number of rotatable bonds is 6. The van der Waals surface area contributed by atoms with Gasteiger partial charge in [-0.1, -0.05) is 12.8 Å². The summed E-state index contributed by atoms with van der Waals surface area (Å²) in [4.78, 5) is 14.0. The fraction of sp³-hybridized carbons (Fsp3) is 0.929. The van der Waals surface area contributed by atoms with Crippen LogP contribution < -0.4 is 11.1 Å². The van der Waals surface area contributed by atoms with Gasteiger partial charge in [0.25, 0.3) is 0 Å². The second kappa shape index (κ2) is 6.53. The number of hydrogen-bond acceptors (Lipinski definition) is 3. The monoisotopic (exact) mass is 253 g/mol. The molecule has 2 saturated carbocycles. The zero-order chi connectivity index (χ0) is 13.0. The fourth-order valence-electron chi connectivity index (χ4n) is 3.02. The summed E-state index contributed by atoms with van der Waals surface area (Å²) in [6, 6.07) is 0.496. The Balaban J connectivity index is 1.73. The third-order valence-corrected chi connectivity index (χ3v) is 4.42. The standard InChI is InChI=1S/C14H27N3O/c1-17(10-14(18)16-9-11-6-7-11)13-5-3-2-4-12(13)8-15/h11-13H,2-10,15H2,1H3,(H,16,18). The van der Waals surface area contributed by atoms with E-state index in [9.17, 15) is 4.79 Å². The zero-order valence-corrected chi connectivity index (χ0v) is 11.5. The molecule has 104 valence electrons. The van der Waals surface area contributed by atoms with E-state index in [2.05, 4.69) is 17.3 Å². The van der Waals surface area contributed by atoms with Crippen molar-refractivity contribution in [2.24, 2.45) is 17.6 Å². The predicted octanol–water partition coefficient (Wildman–Crippen LogP) is 0.962. The molecular weight excluding hydrogens is 226 g/mol. The van der Waals surface area contributed by atoms with Crippen molar-refractivity contribution in [2.45, 2.75) is 44.6 Å². The minimum absolute atomic E-state index is 0.172. The molecule has 2 atom stereocenters. The van der Waals surface area contributed by atoms with Crippen LogP contribution in [0.25, 0.3) is 0 Å². The summed E-state index contributed by atoms with van der Waals surface area (Å²) in [6.45, 7) is 2.14. The highest BCUT2D eigenvalue weighted by Crippen LogP contribution is 2.28. The largest absolute Gasteiger partial charge is 0.355 e. The third-order valence-electron chi connectivity index (χ3n) is 4.42. The zero-order valence-electron chi connectivity index (χ0n) is 11.5. The van der Waals surface area contributed by atoms with Crippen LogP contribution in [0, 0.1) is 11.8 Å². The predicted molar refractivity (Wildman–Crippen MR) is 73.2 cm³/mol. The van der Waals surface area contributed by atoms with Gasteiger partial charge in [0.05, 0.1) is 6.54 Å². The second-order valence-electron chi connectivity index (χ2n) is 6.01. The average molecular weight is 253 g/mol. The molecular formula is C14H27N3O. The topological polar surface area (TPSA) is 58.4 Å². The first kappa shape index (κ1) is 13.8. The molecule has 0 saturated heterocycles. The molecule has 0 aromatic rings. The van der Waals surface area contributed by atoms with Crippen molar-refractivity contribution < 1.29 is 4.79 Å². The van der Waals surface area contributed by atoms with Crippen molar-refractivity contribution in [1.82, 2.24) is 10.2 Å². The normalized spacial score (nSPS) is 28.4. The van der Waals surface area contributed by atoms with Crippen LogP contribution >= 0.6 is 0 Å². The molecule has 0 bridgehead atoms. The Bertz CT molecular complexity index is 278. The third kappa shape index (κ3) is 3.95. The van der Waals surface area contributed by atoms with Gasteiger partial charge in [-0.3, -0.25) is 9.69 Å². The van der Waals surface area contributed by atoms with Crippen LogP contribution in [-0.2, 0) is 4.79 Å². The summed E-state index contributed by atoms with van der Waals surface area (Å²) in [5, 5.41) is 3.04. The summed E-state index contributed by atoms with van der Waals surface area (Å²) in [6.07, 6.45) is 7.54. The molecule has 0 aromatic heterocycles. The van der Waals surface area contributed by atoms with E-state index in [-0.39, 0.29) is 5.91 Å². The van der Waals surface area contributed by atoms with Gasteiger partial charge in [0.1, 0.15) is 0 Å². The van der Waals surface area contributed by atoms with Gasteiger partial charge in [0, 0.05) is 12.6 Å². The van der Waals surface area contributed by atoms with Crippen LogP contribution in [-0.4, -0.2) is 43.5 Å². The number of amides is 1. The highest BCUT2D eigenvalue weighted by Gasteiger charge is 2.28. The number of likely N-dealkylation sites (N-methyl/N-ethyl adjacent to an activating group) is 1. The number of carbonyl (C=O) groups excluding carboxylic acids is 1. The molecule has 18 heavy (non-hydrogen) atoms. The van der Waals surface area contributed by atoms with Gasteiger partial charge in [-0.15, -0.1) is 0 Å². The number of hydrogen-bond donors (Lipinski definition) is 2. The molecule has 0 heterocycles. The maximum atomic E-state index is 11.8. The molecule has 0 aromatic carbocycles. The quantitative estimate of drug-likeness (QED) is 0.741. The van der Waals surface area contributed by atoms with E-state index in [4.69, 9.17) is 5.73 Å². The van der Waals surface area contributed by atoms with Crippen molar-refractivity contribution in [3.63, 3.8) is 0 Å². The minimum Gasteiger partial charge on any atom is -0.355 e. The lowest BCUT2D eigenvalue weighted by atomic mass is 9.84. The van der Waals surface area contributed by atoms with Crippen LogP contribution in [0.1, 0.15) is 38.5 Å². The smallest absolute Gasteiger partial charge is 0.234 e. The summed E-state index contributed by atoms with van der Waals surface area (Å²) in [5.74, 6) is 1.50. The van der Waals surface area contributed by atoms with Gasteiger partial charge in [0.2, 0.25) is 5.91 Å². The Morgan fingerprint density at radius 2 is 2.00 bits per heavy atom. The highest BCUT2D eigenvalue weighted by atomic mass is 16.2. The van der Waals surface area contributed by atoms with Gasteiger partial charge in [-0.25, -0.2) is 0 Å². The summed E-state index contributed by atoms with van der Waals surface area (Å²) >= 11 is 0. The highest BCUT2D eigenvalue weighted by molar-refractivity contribution is 5.78. The lowest BCUT2D eigenvalue weighted by molar-refractivity contribution is -0.122. The summed E-state index contributed by atoms with van der Waals surface area (Å²) in [7, 11) is 2.06. The molecule has 3 N–H and O–H groups in total. The Labute approximate surface area is 110 Å². The molecule has 2 fully saturated rings. The van der Waals surface area contributed by atoms with Gasteiger partial charge in [0.15, 0.2) is 0 Å². The van der Waals surface area contributed by atoms with E-state index in [0.717, 1.165) is 19.0 Å². The van der Waals surface area contributed by atoms with Crippen molar-refractivity contribution in [3.8, 4) is 0 Å². The number of nitrogens with two attached hydrogens (primary N) is 1. The van der Waals surface area contributed by atoms with E-state index in [1.165, 1.54) is 38.5 Å². The van der Waals surface area contributed by atoms with Gasteiger partial charge in [-0.05, 0) is 51.1 Å². The molecule has 1 amide bonds.